The number of hydrogen-bond donors (Lipinski definition) is 4. The molecule has 7 nitrogen and oxygen atoms in total. The van der Waals surface area contributed by atoms with Crippen LogP contribution in [0.25, 0.3) is 0 Å². The molecule has 1 rings (SSSR count). The Labute approximate surface area is 124 Å². The molecule has 0 aromatic heterocycles. The number of aliphatic carboxylic acids is 1. The van der Waals surface area contributed by atoms with E-state index in [2.05, 4.69) is 5.32 Å². The molecular formula is C14H24N2O5. The van der Waals surface area contributed by atoms with Crippen LogP contribution in [0.15, 0.2) is 0 Å². The maximum absolute atomic E-state index is 12.1. The van der Waals surface area contributed by atoms with Crippen LogP contribution in [0.1, 0.15) is 51.9 Å². The van der Waals surface area contributed by atoms with Gasteiger partial charge in [-0.25, -0.2) is 5.48 Å². The summed E-state index contributed by atoms with van der Waals surface area (Å²) in [6, 6.07) is -0.997. The van der Waals surface area contributed by atoms with Crippen molar-refractivity contribution in [2.45, 2.75) is 57.9 Å². The smallest absolute Gasteiger partial charge is 0.325 e. The summed E-state index contributed by atoms with van der Waals surface area (Å²) < 4.78 is 0. The molecule has 4 N–H and O–H groups in total. The van der Waals surface area contributed by atoms with Gasteiger partial charge in [-0.3, -0.25) is 19.6 Å². The van der Waals surface area contributed by atoms with Crippen LogP contribution in [0.2, 0.25) is 0 Å². The molecule has 2 atom stereocenters. The first-order valence-corrected chi connectivity index (χ1v) is 7.40. The Balaban J connectivity index is 2.63. The van der Waals surface area contributed by atoms with Crippen molar-refractivity contribution in [2.75, 3.05) is 0 Å². The molecule has 21 heavy (non-hydrogen) atoms. The van der Waals surface area contributed by atoms with Crippen molar-refractivity contribution in [1.82, 2.24) is 10.8 Å². The van der Waals surface area contributed by atoms with Crippen molar-refractivity contribution < 1.29 is 24.7 Å². The van der Waals surface area contributed by atoms with Gasteiger partial charge in [0.2, 0.25) is 11.8 Å². The molecule has 0 saturated heterocycles. The van der Waals surface area contributed by atoms with Gasteiger partial charge >= 0.3 is 5.97 Å². The molecule has 0 aromatic rings. The summed E-state index contributed by atoms with van der Waals surface area (Å²) in [7, 11) is 0. The molecule has 1 aliphatic rings. The molecule has 1 unspecified atom stereocenters. The van der Waals surface area contributed by atoms with E-state index in [0.29, 0.717) is 12.3 Å². The van der Waals surface area contributed by atoms with Gasteiger partial charge in [-0.05, 0) is 19.3 Å². The number of carboxylic acids is 1. The standard InChI is InChI=1S/C14H24N2O5/c1-9(14(19)20)15-13(18)11(8-12(17)16-21)7-10-5-3-2-4-6-10/h9-11,21H,2-8H2,1H3,(H,15,18)(H,16,17)(H,19,20)/t9-,11?/m0/s1. The Kier molecular flexibility index (Phi) is 7.14. The van der Waals surface area contributed by atoms with E-state index in [0.717, 1.165) is 25.7 Å². The number of nitrogens with one attached hydrogen (secondary N) is 2. The van der Waals surface area contributed by atoms with Gasteiger partial charge in [-0.1, -0.05) is 32.1 Å². The van der Waals surface area contributed by atoms with Gasteiger partial charge in [0.25, 0.3) is 0 Å². The third-order valence-electron chi connectivity index (χ3n) is 4.00. The molecule has 120 valence electrons. The van der Waals surface area contributed by atoms with Crippen molar-refractivity contribution in [3.63, 3.8) is 0 Å². The first-order valence-electron chi connectivity index (χ1n) is 7.40. The molecule has 1 saturated carbocycles. The van der Waals surface area contributed by atoms with Crippen molar-refractivity contribution in [3.8, 4) is 0 Å². The van der Waals surface area contributed by atoms with E-state index in [1.165, 1.54) is 18.8 Å². The normalized spacial score (nSPS) is 18.6. The van der Waals surface area contributed by atoms with Gasteiger partial charge < -0.3 is 10.4 Å². The highest BCUT2D eigenvalue weighted by Crippen LogP contribution is 2.30. The lowest BCUT2D eigenvalue weighted by atomic mass is 9.81. The van der Waals surface area contributed by atoms with Crippen molar-refractivity contribution >= 4 is 17.8 Å². The fraction of sp³-hybridized carbons (Fsp3) is 0.786. The second-order valence-electron chi connectivity index (χ2n) is 5.74. The molecule has 0 bridgehead atoms. The number of carbonyl (C=O) groups excluding carboxylic acids is 2. The van der Waals surface area contributed by atoms with Gasteiger partial charge in [0, 0.05) is 12.3 Å². The van der Waals surface area contributed by atoms with E-state index in [1.54, 1.807) is 0 Å². The first kappa shape index (κ1) is 17.4. The quantitative estimate of drug-likeness (QED) is 0.414. The molecule has 7 heteroatoms. The molecule has 1 fully saturated rings. The summed E-state index contributed by atoms with van der Waals surface area (Å²) in [5.41, 5.74) is 1.53. The number of rotatable bonds is 7. The van der Waals surface area contributed by atoms with Crippen LogP contribution in [0, 0.1) is 11.8 Å². The lowest BCUT2D eigenvalue weighted by Gasteiger charge is -2.26. The molecule has 0 radical (unpaired) electrons. The molecule has 0 aromatic carbocycles. The fourth-order valence-corrected chi connectivity index (χ4v) is 2.77. The van der Waals surface area contributed by atoms with Crippen molar-refractivity contribution in [2.24, 2.45) is 11.8 Å². The van der Waals surface area contributed by atoms with Crippen LogP contribution in [0.4, 0.5) is 0 Å². The minimum atomic E-state index is -1.12. The maximum Gasteiger partial charge on any atom is 0.325 e. The molecule has 0 heterocycles. The lowest BCUT2D eigenvalue weighted by Crippen LogP contribution is -2.43. The monoisotopic (exact) mass is 300 g/mol. The lowest BCUT2D eigenvalue weighted by molar-refractivity contribution is -0.142. The average Bonchev–Trinajstić information content (AvgIpc) is 2.47. The number of hydroxylamine groups is 1. The fourth-order valence-electron chi connectivity index (χ4n) is 2.77. The zero-order valence-electron chi connectivity index (χ0n) is 12.3. The Morgan fingerprint density at radius 3 is 2.33 bits per heavy atom. The van der Waals surface area contributed by atoms with E-state index < -0.39 is 29.7 Å². The second-order valence-corrected chi connectivity index (χ2v) is 5.74. The number of amides is 2. The van der Waals surface area contributed by atoms with Gasteiger partial charge in [-0.15, -0.1) is 0 Å². The van der Waals surface area contributed by atoms with Gasteiger partial charge in [0.1, 0.15) is 6.04 Å². The third kappa shape index (κ3) is 6.12. The predicted octanol–water partition coefficient (Wildman–Crippen LogP) is 1.06. The van der Waals surface area contributed by atoms with Gasteiger partial charge in [0.05, 0.1) is 0 Å². The first-order chi connectivity index (χ1) is 9.93. The van der Waals surface area contributed by atoms with Crippen molar-refractivity contribution in [1.29, 1.82) is 0 Å². The summed E-state index contributed by atoms with van der Waals surface area (Å²) in [4.78, 5) is 34.3. The van der Waals surface area contributed by atoms with E-state index >= 15 is 0 Å². The Bertz CT molecular complexity index is 380. The van der Waals surface area contributed by atoms with Crippen LogP contribution >= 0.6 is 0 Å². The summed E-state index contributed by atoms with van der Waals surface area (Å²) >= 11 is 0. The maximum atomic E-state index is 12.1. The zero-order valence-corrected chi connectivity index (χ0v) is 12.3. The molecule has 2 amide bonds. The predicted molar refractivity (Wildman–Crippen MR) is 74.5 cm³/mol. The highest BCUT2D eigenvalue weighted by molar-refractivity contribution is 5.88. The van der Waals surface area contributed by atoms with E-state index in [-0.39, 0.29) is 6.42 Å². The van der Waals surface area contributed by atoms with Crippen LogP contribution in [-0.2, 0) is 14.4 Å². The van der Waals surface area contributed by atoms with E-state index in [4.69, 9.17) is 10.3 Å². The average molecular weight is 300 g/mol. The Hall–Kier alpha value is -1.63. The summed E-state index contributed by atoms with van der Waals surface area (Å²) in [6.07, 6.45) is 5.91. The molecular weight excluding hydrogens is 276 g/mol. The van der Waals surface area contributed by atoms with Gasteiger partial charge in [0.15, 0.2) is 0 Å². The van der Waals surface area contributed by atoms with E-state index in [1.807, 2.05) is 0 Å². The molecule has 1 aliphatic carbocycles. The highest BCUT2D eigenvalue weighted by Gasteiger charge is 2.28. The number of carbonyl (C=O) groups is 3. The van der Waals surface area contributed by atoms with Crippen LogP contribution in [0.5, 0.6) is 0 Å². The molecule has 0 aliphatic heterocycles. The molecule has 0 spiro atoms. The Morgan fingerprint density at radius 1 is 1.19 bits per heavy atom. The van der Waals surface area contributed by atoms with Crippen LogP contribution in [-0.4, -0.2) is 34.1 Å². The summed E-state index contributed by atoms with van der Waals surface area (Å²) in [5.74, 6) is -2.43. The minimum absolute atomic E-state index is 0.134. The minimum Gasteiger partial charge on any atom is -0.480 e. The topological polar surface area (TPSA) is 116 Å². The largest absolute Gasteiger partial charge is 0.480 e. The van der Waals surface area contributed by atoms with E-state index in [9.17, 15) is 14.4 Å². The Morgan fingerprint density at radius 2 is 1.81 bits per heavy atom. The zero-order chi connectivity index (χ0) is 15.8. The third-order valence-corrected chi connectivity index (χ3v) is 4.00. The summed E-state index contributed by atoms with van der Waals surface area (Å²) in [6.45, 7) is 1.38. The van der Waals surface area contributed by atoms with Gasteiger partial charge in [-0.2, -0.15) is 0 Å². The number of carboxylic acid groups (broad SMARTS) is 1. The number of hydrogen-bond acceptors (Lipinski definition) is 4. The summed E-state index contributed by atoms with van der Waals surface area (Å²) in [5, 5.41) is 19.8. The highest BCUT2D eigenvalue weighted by atomic mass is 16.5. The van der Waals surface area contributed by atoms with Crippen LogP contribution in [0.3, 0.4) is 0 Å². The SMILES string of the molecule is C[C@H](NC(=O)C(CC(=O)NO)CC1CCCCC1)C(=O)O. The van der Waals surface area contributed by atoms with Crippen molar-refractivity contribution in [3.05, 3.63) is 0 Å². The second kappa shape index (κ2) is 8.61. The van der Waals surface area contributed by atoms with Crippen LogP contribution < -0.4 is 10.8 Å².